The highest BCUT2D eigenvalue weighted by molar-refractivity contribution is 6.00. The molecule has 3 aromatic rings. The van der Waals surface area contributed by atoms with Crippen molar-refractivity contribution in [1.82, 2.24) is 19.7 Å². The number of aryl methyl sites for hydroxylation is 2. The van der Waals surface area contributed by atoms with E-state index in [-0.39, 0.29) is 12.5 Å². The van der Waals surface area contributed by atoms with Crippen LogP contribution in [0.1, 0.15) is 66.2 Å². The minimum absolute atomic E-state index is 0.0881. The fourth-order valence-electron chi connectivity index (χ4n) is 6.07. The van der Waals surface area contributed by atoms with E-state index < -0.39 is 6.67 Å². The molecule has 34 heavy (non-hydrogen) atoms. The van der Waals surface area contributed by atoms with Crippen LogP contribution in [-0.4, -0.2) is 38.8 Å². The monoisotopic (exact) mass is 458 g/mol. The summed E-state index contributed by atoms with van der Waals surface area (Å²) in [6.07, 6.45) is 12.4. The molecule has 5 nitrogen and oxygen atoms in total. The zero-order chi connectivity index (χ0) is 23.3. The van der Waals surface area contributed by atoms with Crippen LogP contribution < -0.4 is 0 Å². The second-order valence-corrected chi connectivity index (χ2v) is 10.6. The Morgan fingerprint density at radius 3 is 2.71 bits per heavy atom. The van der Waals surface area contributed by atoms with E-state index in [0.29, 0.717) is 17.5 Å². The van der Waals surface area contributed by atoms with Crippen LogP contribution in [0.2, 0.25) is 0 Å². The molecule has 2 aliphatic carbocycles. The first-order valence-corrected chi connectivity index (χ1v) is 12.6. The second kappa shape index (κ2) is 8.33. The molecule has 0 saturated heterocycles. The molecule has 6 heteroatoms. The van der Waals surface area contributed by atoms with Crippen molar-refractivity contribution in [2.24, 2.45) is 5.41 Å². The van der Waals surface area contributed by atoms with Gasteiger partial charge < -0.3 is 4.90 Å². The van der Waals surface area contributed by atoms with E-state index >= 15 is 0 Å². The second-order valence-electron chi connectivity index (χ2n) is 10.6. The molecule has 0 bridgehead atoms. The van der Waals surface area contributed by atoms with E-state index in [4.69, 9.17) is 10.1 Å². The van der Waals surface area contributed by atoms with Crippen molar-refractivity contribution < 1.29 is 9.18 Å². The Labute approximate surface area is 200 Å². The molecule has 0 unspecified atom stereocenters. The number of alkyl halides is 1. The lowest BCUT2D eigenvalue weighted by Gasteiger charge is -2.23. The molecule has 0 radical (unpaired) electrons. The number of fused-ring (bicyclic) bond motifs is 2. The number of halogens is 1. The summed E-state index contributed by atoms with van der Waals surface area (Å²) in [6, 6.07) is 8.30. The number of carbonyl (C=O) groups is 1. The predicted octanol–water partition coefficient (Wildman–Crippen LogP) is 5.61. The molecular formula is C28H31FN4O. The van der Waals surface area contributed by atoms with Crippen LogP contribution in [-0.2, 0) is 25.9 Å². The maximum absolute atomic E-state index is 12.9. The zero-order valence-corrected chi connectivity index (χ0v) is 19.8. The Hall–Kier alpha value is -3.02. The number of nitrogens with zero attached hydrogens (tertiary/aromatic N) is 4. The molecule has 3 heterocycles. The normalized spacial score (nSPS) is 18.5. The van der Waals surface area contributed by atoms with Gasteiger partial charge >= 0.3 is 0 Å². The van der Waals surface area contributed by atoms with Gasteiger partial charge in [-0.3, -0.25) is 14.5 Å². The molecule has 176 valence electrons. The first-order chi connectivity index (χ1) is 16.5. The average molecular weight is 459 g/mol. The van der Waals surface area contributed by atoms with Gasteiger partial charge in [-0.1, -0.05) is 31.9 Å². The maximum atomic E-state index is 12.9. The fraction of sp³-hybridized carbons (Fsp3) is 0.464. The van der Waals surface area contributed by atoms with E-state index in [1.54, 1.807) is 4.90 Å². The first kappa shape index (κ1) is 21.5. The number of hydrogen-bond donors (Lipinski definition) is 0. The van der Waals surface area contributed by atoms with Crippen molar-refractivity contribution in [2.45, 2.75) is 65.0 Å². The molecule has 2 aromatic heterocycles. The van der Waals surface area contributed by atoms with Gasteiger partial charge in [0.15, 0.2) is 0 Å². The minimum Gasteiger partial charge on any atom is -0.332 e. The summed E-state index contributed by atoms with van der Waals surface area (Å²) in [5.74, 6) is -0.0881. The standard InChI is InChI=1S/C28H31FN4O/c1-28(9-2-3-10-28)18-33-17-22(15-30-33)23-13-19-5-4-6-25(19)31-26(23)20-7-8-21-16-32(12-11-29)27(34)24(21)14-20/h7-8,13-15,17H,2-6,9-12,16,18H2,1H3. The third kappa shape index (κ3) is 3.73. The smallest absolute Gasteiger partial charge is 0.254 e. The Balaban J connectivity index is 1.39. The third-order valence-electron chi connectivity index (χ3n) is 7.97. The summed E-state index contributed by atoms with van der Waals surface area (Å²) in [5.41, 5.74) is 8.44. The van der Waals surface area contributed by atoms with Crippen LogP contribution in [0.15, 0.2) is 36.7 Å². The molecule has 1 aromatic carbocycles. The van der Waals surface area contributed by atoms with E-state index in [9.17, 15) is 9.18 Å². The lowest BCUT2D eigenvalue weighted by atomic mass is 9.89. The van der Waals surface area contributed by atoms with Crippen molar-refractivity contribution in [3.8, 4) is 22.4 Å². The largest absolute Gasteiger partial charge is 0.332 e. The van der Waals surface area contributed by atoms with Crippen LogP contribution in [0.3, 0.4) is 0 Å². The summed E-state index contributed by atoms with van der Waals surface area (Å²) in [6.45, 7) is 3.42. The lowest BCUT2D eigenvalue weighted by Crippen LogP contribution is -2.25. The highest BCUT2D eigenvalue weighted by Crippen LogP contribution is 2.40. The predicted molar refractivity (Wildman–Crippen MR) is 130 cm³/mol. The van der Waals surface area contributed by atoms with Crippen LogP contribution in [0, 0.1) is 5.41 Å². The summed E-state index contributed by atoms with van der Waals surface area (Å²) in [5, 5.41) is 4.72. The van der Waals surface area contributed by atoms with E-state index in [2.05, 4.69) is 29.9 Å². The van der Waals surface area contributed by atoms with Gasteiger partial charge in [-0.2, -0.15) is 5.10 Å². The average Bonchev–Trinajstić information content (AvgIpc) is 3.62. The molecule has 6 rings (SSSR count). The van der Waals surface area contributed by atoms with E-state index in [1.807, 2.05) is 18.3 Å². The highest BCUT2D eigenvalue weighted by atomic mass is 19.1. The van der Waals surface area contributed by atoms with Gasteiger partial charge in [-0.15, -0.1) is 0 Å². The summed E-state index contributed by atoms with van der Waals surface area (Å²) in [7, 11) is 0. The number of pyridine rings is 1. The van der Waals surface area contributed by atoms with Crippen LogP contribution in [0.4, 0.5) is 4.39 Å². The van der Waals surface area contributed by atoms with Crippen molar-refractivity contribution >= 4 is 5.91 Å². The van der Waals surface area contributed by atoms with Crippen molar-refractivity contribution in [3.05, 3.63) is 59.0 Å². The lowest BCUT2D eigenvalue weighted by molar-refractivity contribution is 0.0768. The molecule has 0 N–H and O–H groups in total. The zero-order valence-electron chi connectivity index (χ0n) is 19.8. The van der Waals surface area contributed by atoms with Crippen molar-refractivity contribution in [3.63, 3.8) is 0 Å². The Bertz CT molecular complexity index is 1260. The van der Waals surface area contributed by atoms with Gasteiger partial charge in [0.05, 0.1) is 11.9 Å². The van der Waals surface area contributed by atoms with Crippen molar-refractivity contribution in [2.75, 3.05) is 13.2 Å². The number of benzene rings is 1. The molecule has 1 aliphatic heterocycles. The Morgan fingerprint density at radius 2 is 1.88 bits per heavy atom. The third-order valence-corrected chi connectivity index (χ3v) is 7.97. The van der Waals surface area contributed by atoms with Crippen molar-refractivity contribution in [1.29, 1.82) is 0 Å². The number of carbonyl (C=O) groups excluding carboxylic acids is 1. The van der Waals surface area contributed by atoms with Gasteiger partial charge in [0.2, 0.25) is 0 Å². The molecular weight excluding hydrogens is 427 g/mol. The van der Waals surface area contributed by atoms with Gasteiger partial charge in [0, 0.05) is 53.8 Å². The molecule has 3 aliphatic rings. The Kier molecular flexibility index (Phi) is 5.27. The van der Waals surface area contributed by atoms with E-state index in [0.717, 1.165) is 59.4 Å². The maximum Gasteiger partial charge on any atom is 0.254 e. The fourth-order valence-corrected chi connectivity index (χ4v) is 6.07. The quantitative estimate of drug-likeness (QED) is 0.483. The van der Waals surface area contributed by atoms with Crippen LogP contribution >= 0.6 is 0 Å². The SMILES string of the molecule is CC1(Cn2cc(-c3cc4c(nc3-c3ccc5c(c3)C(=O)N(CCF)C5)CCC4)cn2)CCCC1. The summed E-state index contributed by atoms with van der Waals surface area (Å²) in [4.78, 5) is 19.5. The summed E-state index contributed by atoms with van der Waals surface area (Å²) < 4.78 is 15.0. The molecule has 1 amide bonds. The highest BCUT2D eigenvalue weighted by Gasteiger charge is 2.30. The number of amides is 1. The first-order valence-electron chi connectivity index (χ1n) is 12.6. The molecule has 1 saturated carbocycles. The molecule has 0 atom stereocenters. The van der Waals surface area contributed by atoms with Crippen LogP contribution in [0.25, 0.3) is 22.4 Å². The van der Waals surface area contributed by atoms with Gasteiger partial charge in [-0.25, -0.2) is 4.39 Å². The van der Waals surface area contributed by atoms with Gasteiger partial charge in [0.25, 0.3) is 5.91 Å². The van der Waals surface area contributed by atoms with Gasteiger partial charge in [0.1, 0.15) is 6.67 Å². The van der Waals surface area contributed by atoms with Gasteiger partial charge in [-0.05, 0) is 60.8 Å². The molecule has 1 fully saturated rings. The summed E-state index contributed by atoms with van der Waals surface area (Å²) >= 11 is 0. The number of aromatic nitrogens is 3. The van der Waals surface area contributed by atoms with E-state index in [1.165, 1.54) is 31.2 Å². The minimum atomic E-state index is -0.522. The Morgan fingerprint density at radius 1 is 1.03 bits per heavy atom. The number of hydrogen-bond acceptors (Lipinski definition) is 3. The topological polar surface area (TPSA) is 51.0 Å². The number of rotatable bonds is 6. The molecule has 0 spiro atoms. The van der Waals surface area contributed by atoms with Crippen LogP contribution in [0.5, 0.6) is 0 Å².